The van der Waals surface area contributed by atoms with Gasteiger partial charge < -0.3 is 15.4 Å². The zero-order chi connectivity index (χ0) is 18.4. The molecule has 0 fully saturated rings. The van der Waals surface area contributed by atoms with Crippen LogP contribution in [0.3, 0.4) is 0 Å². The van der Waals surface area contributed by atoms with Crippen molar-refractivity contribution in [2.24, 2.45) is 0 Å². The second kappa shape index (κ2) is 8.10. The molecule has 0 unspecified atom stereocenters. The highest BCUT2D eigenvalue weighted by Crippen LogP contribution is 2.13. The van der Waals surface area contributed by atoms with Crippen molar-refractivity contribution < 1.29 is 19.1 Å². The molecule has 0 aromatic heterocycles. The number of hydrogen-bond donors (Lipinski definition) is 2. The fraction of sp³-hybridized carbons (Fsp3) is 0.211. The van der Waals surface area contributed by atoms with Gasteiger partial charge in [-0.1, -0.05) is 6.07 Å². The Balaban J connectivity index is 2.10. The summed E-state index contributed by atoms with van der Waals surface area (Å²) < 4.78 is 4.62. The van der Waals surface area contributed by atoms with Crippen molar-refractivity contribution in [1.82, 2.24) is 5.32 Å². The SMILES string of the molecule is COC(=O)c1ccc(C(=O)Nc2cccc(C(=O)NC(C)C)c2)cc1. The van der Waals surface area contributed by atoms with Crippen LogP contribution in [0, 0.1) is 0 Å². The van der Waals surface area contributed by atoms with Crippen molar-refractivity contribution >= 4 is 23.5 Å². The molecule has 0 saturated carbocycles. The minimum Gasteiger partial charge on any atom is -0.465 e. The topological polar surface area (TPSA) is 84.5 Å². The molecule has 2 rings (SSSR count). The van der Waals surface area contributed by atoms with E-state index in [9.17, 15) is 14.4 Å². The van der Waals surface area contributed by atoms with Gasteiger partial charge in [0.1, 0.15) is 0 Å². The number of ether oxygens (including phenoxy) is 1. The number of carbonyl (C=O) groups excluding carboxylic acids is 3. The Morgan fingerprint density at radius 2 is 1.52 bits per heavy atom. The number of carbonyl (C=O) groups is 3. The van der Waals surface area contributed by atoms with E-state index < -0.39 is 5.97 Å². The van der Waals surface area contributed by atoms with Crippen LogP contribution in [0.15, 0.2) is 48.5 Å². The second-order valence-electron chi connectivity index (χ2n) is 5.73. The molecule has 6 heteroatoms. The van der Waals surface area contributed by atoms with E-state index in [0.29, 0.717) is 22.4 Å². The number of hydrogen-bond acceptors (Lipinski definition) is 4. The lowest BCUT2D eigenvalue weighted by atomic mass is 10.1. The first-order chi connectivity index (χ1) is 11.9. The minimum absolute atomic E-state index is 0.0269. The van der Waals surface area contributed by atoms with Gasteiger partial charge in [-0.05, 0) is 56.3 Å². The molecule has 0 saturated heterocycles. The van der Waals surface area contributed by atoms with E-state index in [-0.39, 0.29) is 17.9 Å². The van der Waals surface area contributed by atoms with E-state index in [4.69, 9.17) is 0 Å². The van der Waals surface area contributed by atoms with Gasteiger partial charge in [0.15, 0.2) is 0 Å². The Bertz CT molecular complexity index is 782. The van der Waals surface area contributed by atoms with E-state index in [0.717, 1.165) is 0 Å². The maximum Gasteiger partial charge on any atom is 0.337 e. The Morgan fingerprint density at radius 1 is 0.880 bits per heavy atom. The van der Waals surface area contributed by atoms with Crippen LogP contribution in [-0.4, -0.2) is 30.9 Å². The molecule has 25 heavy (non-hydrogen) atoms. The molecule has 6 nitrogen and oxygen atoms in total. The predicted octanol–water partition coefficient (Wildman–Crippen LogP) is 2.86. The Morgan fingerprint density at radius 3 is 2.12 bits per heavy atom. The van der Waals surface area contributed by atoms with Gasteiger partial charge in [0, 0.05) is 22.9 Å². The molecule has 0 spiro atoms. The lowest BCUT2D eigenvalue weighted by Gasteiger charge is -2.10. The average molecular weight is 340 g/mol. The summed E-state index contributed by atoms with van der Waals surface area (Å²) in [5.74, 6) is -0.998. The molecule has 0 aliphatic heterocycles. The summed E-state index contributed by atoms with van der Waals surface area (Å²) in [5, 5.41) is 5.53. The molecule has 0 radical (unpaired) electrons. The van der Waals surface area contributed by atoms with Gasteiger partial charge in [-0.2, -0.15) is 0 Å². The molecule has 0 heterocycles. The summed E-state index contributed by atoms with van der Waals surface area (Å²) in [5.41, 5.74) is 1.74. The van der Waals surface area contributed by atoms with Crippen LogP contribution in [-0.2, 0) is 4.74 Å². The number of esters is 1. The summed E-state index contributed by atoms with van der Waals surface area (Å²) in [7, 11) is 1.30. The van der Waals surface area contributed by atoms with Gasteiger partial charge in [-0.3, -0.25) is 9.59 Å². The zero-order valence-electron chi connectivity index (χ0n) is 14.3. The maximum atomic E-state index is 12.3. The Kier molecular flexibility index (Phi) is 5.89. The third-order valence-electron chi connectivity index (χ3n) is 3.37. The van der Waals surface area contributed by atoms with Crippen LogP contribution >= 0.6 is 0 Å². The monoisotopic (exact) mass is 340 g/mol. The van der Waals surface area contributed by atoms with Crippen LogP contribution < -0.4 is 10.6 Å². The van der Waals surface area contributed by atoms with Crippen LogP contribution in [0.1, 0.15) is 44.9 Å². The van der Waals surface area contributed by atoms with Crippen molar-refractivity contribution in [3.8, 4) is 0 Å². The molecule has 0 aliphatic carbocycles. The van der Waals surface area contributed by atoms with E-state index >= 15 is 0 Å². The lowest BCUT2D eigenvalue weighted by molar-refractivity contribution is 0.0600. The van der Waals surface area contributed by atoms with Crippen molar-refractivity contribution in [3.63, 3.8) is 0 Å². The van der Waals surface area contributed by atoms with Crippen LogP contribution in [0.25, 0.3) is 0 Å². The lowest BCUT2D eigenvalue weighted by Crippen LogP contribution is -2.30. The smallest absolute Gasteiger partial charge is 0.337 e. The fourth-order valence-corrected chi connectivity index (χ4v) is 2.16. The molecule has 2 aromatic carbocycles. The highest BCUT2D eigenvalue weighted by molar-refractivity contribution is 6.05. The van der Waals surface area contributed by atoms with Gasteiger partial charge in [0.2, 0.25) is 0 Å². The van der Waals surface area contributed by atoms with Gasteiger partial charge >= 0.3 is 5.97 Å². The molecule has 130 valence electrons. The average Bonchev–Trinajstić information content (AvgIpc) is 2.60. The van der Waals surface area contributed by atoms with Crippen molar-refractivity contribution in [1.29, 1.82) is 0 Å². The summed E-state index contributed by atoms with van der Waals surface area (Å²) in [6, 6.07) is 12.8. The number of anilines is 1. The number of nitrogens with one attached hydrogen (secondary N) is 2. The third kappa shape index (κ3) is 4.91. The van der Waals surface area contributed by atoms with Gasteiger partial charge in [-0.25, -0.2) is 4.79 Å². The highest BCUT2D eigenvalue weighted by Gasteiger charge is 2.11. The number of benzene rings is 2. The van der Waals surface area contributed by atoms with E-state index in [1.165, 1.54) is 31.4 Å². The largest absolute Gasteiger partial charge is 0.465 e. The Hall–Kier alpha value is -3.15. The molecular formula is C19H20N2O4. The van der Waals surface area contributed by atoms with Gasteiger partial charge in [0.05, 0.1) is 12.7 Å². The maximum absolute atomic E-state index is 12.3. The standard InChI is InChI=1S/C19H20N2O4/c1-12(2)20-18(23)15-5-4-6-16(11-15)21-17(22)13-7-9-14(10-8-13)19(24)25-3/h4-12H,1-3H3,(H,20,23)(H,21,22). The molecule has 2 aromatic rings. The fourth-order valence-electron chi connectivity index (χ4n) is 2.16. The first kappa shape index (κ1) is 18.2. The minimum atomic E-state index is -0.462. The van der Waals surface area contributed by atoms with Crippen LogP contribution in [0.2, 0.25) is 0 Å². The quantitative estimate of drug-likeness (QED) is 0.820. The van der Waals surface area contributed by atoms with Crippen molar-refractivity contribution in [2.75, 3.05) is 12.4 Å². The summed E-state index contributed by atoms with van der Waals surface area (Å²) in [6.45, 7) is 3.75. The number of amides is 2. The highest BCUT2D eigenvalue weighted by atomic mass is 16.5. The van der Waals surface area contributed by atoms with Crippen LogP contribution in [0.4, 0.5) is 5.69 Å². The normalized spacial score (nSPS) is 10.2. The van der Waals surface area contributed by atoms with Gasteiger partial charge in [0.25, 0.3) is 11.8 Å². The molecular weight excluding hydrogens is 320 g/mol. The van der Waals surface area contributed by atoms with Gasteiger partial charge in [-0.15, -0.1) is 0 Å². The first-order valence-electron chi connectivity index (χ1n) is 7.81. The third-order valence-corrected chi connectivity index (χ3v) is 3.37. The summed E-state index contributed by atoms with van der Waals surface area (Å²) in [6.07, 6.45) is 0. The second-order valence-corrected chi connectivity index (χ2v) is 5.73. The van der Waals surface area contributed by atoms with E-state index in [2.05, 4.69) is 15.4 Å². The molecule has 0 atom stereocenters. The molecule has 2 amide bonds. The van der Waals surface area contributed by atoms with Crippen molar-refractivity contribution in [3.05, 3.63) is 65.2 Å². The zero-order valence-corrected chi connectivity index (χ0v) is 14.3. The van der Waals surface area contributed by atoms with Crippen molar-refractivity contribution in [2.45, 2.75) is 19.9 Å². The molecule has 0 aliphatic rings. The first-order valence-corrected chi connectivity index (χ1v) is 7.81. The summed E-state index contributed by atoms with van der Waals surface area (Å²) in [4.78, 5) is 35.7. The molecule has 0 bridgehead atoms. The molecule has 2 N–H and O–H groups in total. The predicted molar refractivity (Wildman–Crippen MR) is 94.8 cm³/mol. The van der Waals surface area contributed by atoms with E-state index in [1.807, 2.05) is 13.8 Å². The van der Waals surface area contributed by atoms with E-state index in [1.54, 1.807) is 24.3 Å². The Labute approximate surface area is 146 Å². The van der Waals surface area contributed by atoms with Crippen LogP contribution in [0.5, 0.6) is 0 Å². The summed E-state index contributed by atoms with van der Waals surface area (Å²) >= 11 is 0. The number of rotatable bonds is 5. The number of methoxy groups -OCH3 is 1.